The maximum Gasteiger partial charge on any atom is 0.237 e. The van der Waals surface area contributed by atoms with Gasteiger partial charge in [-0.1, -0.05) is 32.1 Å². The van der Waals surface area contributed by atoms with Crippen molar-refractivity contribution in [3.05, 3.63) is 29.6 Å². The van der Waals surface area contributed by atoms with Gasteiger partial charge in [-0.15, -0.1) is 0 Å². The van der Waals surface area contributed by atoms with Gasteiger partial charge in [0.25, 0.3) is 0 Å². The SMILES string of the molecule is CCC(CC)(C(=O)Nc1cc(C)ccc1F)C(N)=S. The number of benzene rings is 1. The third-order valence-electron chi connectivity index (χ3n) is 3.48. The van der Waals surface area contributed by atoms with Gasteiger partial charge in [0.1, 0.15) is 5.82 Å². The molecule has 3 N–H and O–H groups in total. The summed E-state index contributed by atoms with van der Waals surface area (Å²) >= 11 is 5.00. The molecule has 3 nitrogen and oxygen atoms in total. The highest BCUT2D eigenvalue weighted by Crippen LogP contribution is 2.29. The molecule has 1 rings (SSSR count). The van der Waals surface area contributed by atoms with Gasteiger partial charge < -0.3 is 11.1 Å². The fourth-order valence-corrected chi connectivity index (χ4v) is 2.39. The Bertz CT molecular complexity index is 498. The molecule has 1 aromatic rings. The van der Waals surface area contributed by atoms with E-state index in [4.69, 9.17) is 18.0 Å². The Morgan fingerprint density at radius 3 is 2.47 bits per heavy atom. The number of nitrogens with one attached hydrogen (secondary N) is 1. The average molecular weight is 282 g/mol. The molecule has 0 saturated heterocycles. The topological polar surface area (TPSA) is 55.1 Å². The lowest BCUT2D eigenvalue weighted by Gasteiger charge is -2.29. The Morgan fingerprint density at radius 2 is 2.00 bits per heavy atom. The number of nitrogens with two attached hydrogens (primary N) is 1. The van der Waals surface area contributed by atoms with Crippen LogP contribution < -0.4 is 11.1 Å². The van der Waals surface area contributed by atoms with E-state index in [0.29, 0.717) is 12.8 Å². The van der Waals surface area contributed by atoms with Crippen LogP contribution in [0.1, 0.15) is 32.3 Å². The molecule has 1 amide bonds. The van der Waals surface area contributed by atoms with Crippen molar-refractivity contribution < 1.29 is 9.18 Å². The standard InChI is InChI=1S/C14H19FN2OS/c1-4-14(5-2,12(16)19)13(18)17-11-8-9(3)6-7-10(11)15/h6-8H,4-5H2,1-3H3,(H2,16,19)(H,17,18). The molecule has 1 aromatic carbocycles. The molecule has 0 saturated carbocycles. The van der Waals surface area contributed by atoms with Gasteiger partial charge in [-0.3, -0.25) is 4.79 Å². The third kappa shape index (κ3) is 3.10. The van der Waals surface area contributed by atoms with Crippen LogP contribution in [0.5, 0.6) is 0 Å². The number of rotatable bonds is 5. The van der Waals surface area contributed by atoms with Crippen LogP contribution >= 0.6 is 12.2 Å². The van der Waals surface area contributed by atoms with E-state index in [0.717, 1.165) is 5.56 Å². The Morgan fingerprint density at radius 1 is 1.42 bits per heavy atom. The summed E-state index contributed by atoms with van der Waals surface area (Å²) in [5, 5.41) is 2.59. The molecule has 104 valence electrons. The lowest BCUT2D eigenvalue weighted by Crippen LogP contribution is -2.45. The summed E-state index contributed by atoms with van der Waals surface area (Å²) in [5.74, 6) is -0.822. The highest BCUT2D eigenvalue weighted by atomic mass is 32.1. The van der Waals surface area contributed by atoms with Crippen LogP contribution in [-0.4, -0.2) is 10.9 Å². The van der Waals surface area contributed by atoms with E-state index < -0.39 is 11.2 Å². The van der Waals surface area contributed by atoms with Crippen molar-refractivity contribution in [2.24, 2.45) is 11.1 Å². The summed E-state index contributed by atoms with van der Waals surface area (Å²) < 4.78 is 13.6. The average Bonchev–Trinajstić information content (AvgIpc) is 2.35. The molecular formula is C14H19FN2OS. The molecule has 19 heavy (non-hydrogen) atoms. The fraction of sp³-hybridized carbons (Fsp3) is 0.429. The number of hydrogen-bond acceptors (Lipinski definition) is 2. The van der Waals surface area contributed by atoms with E-state index in [9.17, 15) is 9.18 Å². The predicted octanol–water partition coefficient (Wildman–Crippen LogP) is 3.17. The van der Waals surface area contributed by atoms with Gasteiger partial charge in [-0.05, 0) is 37.5 Å². The van der Waals surface area contributed by atoms with Crippen LogP contribution in [0.25, 0.3) is 0 Å². The van der Waals surface area contributed by atoms with Crippen molar-refractivity contribution in [1.82, 2.24) is 0 Å². The van der Waals surface area contributed by atoms with Gasteiger partial charge >= 0.3 is 0 Å². The van der Waals surface area contributed by atoms with Gasteiger partial charge in [0.2, 0.25) is 5.91 Å². The highest BCUT2D eigenvalue weighted by molar-refractivity contribution is 7.80. The van der Waals surface area contributed by atoms with Crippen LogP contribution in [0.4, 0.5) is 10.1 Å². The molecule has 0 bridgehead atoms. The summed E-state index contributed by atoms with van der Waals surface area (Å²) in [6.45, 7) is 5.51. The number of aryl methyl sites for hydroxylation is 1. The monoisotopic (exact) mass is 282 g/mol. The molecule has 0 heterocycles. The third-order valence-corrected chi connectivity index (χ3v) is 3.87. The molecule has 0 radical (unpaired) electrons. The first-order chi connectivity index (χ1) is 8.87. The fourth-order valence-electron chi connectivity index (χ4n) is 2.01. The second-order valence-electron chi connectivity index (χ2n) is 4.59. The van der Waals surface area contributed by atoms with Gasteiger partial charge in [0.05, 0.1) is 16.1 Å². The number of anilines is 1. The smallest absolute Gasteiger partial charge is 0.237 e. The van der Waals surface area contributed by atoms with E-state index >= 15 is 0 Å². The lowest BCUT2D eigenvalue weighted by atomic mass is 9.81. The van der Waals surface area contributed by atoms with Crippen LogP contribution in [-0.2, 0) is 4.79 Å². The minimum Gasteiger partial charge on any atom is -0.392 e. The number of amides is 1. The van der Waals surface area contributed by atoms with Crippen LogP contribution in [0.3, 0.4) is 0 Å². The minimum atomic E-state index is -0.925. The molecular weight excluding hydrogens is 263 g/mol. The first kappa shape index (κ1) is 15.6. The predicted molar refractivity (Wildman–Crippen MR) is 79.6 cm³/mol. The van der Waals surface area contributed by atoms with Gasteiger partial charge in [-0.25, -0.2) is 4.39 Å². The van der Waals surface area contributed by atoms with Gasteiger partial charge in [-0.2, -0.15) is 0 Å². The van der Waals surface area contributed by atoms with E-state index in [1.807, 2.05) is 20.8 Å². The van der Waals surface area contributed by atoms with Crippen molar-refractivity contribution in [1.29, 1.82) is 0 Å². The summed E-state index contributed by atoms with van der Waals surface area (Å²) in [5.41, 5.74) is 5.79. The molecule has 0 aliphatic heterocycles. The molecule has 0 atom stereocenters. The van der Waals surface area contributed by atoms with Crippen LogP contribution in [0, 0.1) is 18.2 Å². The largest absolute Gasteiger partial charge is 0.392 e. The zero-order valence-corrected chi connectivity index (χ0v) is 12.2. The molecule has 0 aliphatic rings. The van der Waals surface area contributed by atoms with Crippen molar-refractivity contribution in [2.45, 2.75) is 33.6 Å². The number of carbonyl (C=O) groups is 1. The normalized spacial score (nSPS) is 11.2. The summed E-state index contributed by atoms with van der Waals surface area (Å²) in [4.78, 5) is 12.5. The van der Waals surface area contributed by atoms with E-state index in [1.165, 1.54) is 6.07 Å². The number of carbonyl (C=O) groups excluding carboxylic acids is 1. The molecule has 5 heteroatoms. The first-order valence-corrected chi connectivity index (χ1v) is 6.65. The summed E-state index contributed by atoms with van der Waals surface area (Å²) in [6, 6.07) is 4.56. The van der Waals surface area contributed by atoms with Crippen molar-refractivity contribution in [3.8, 4) is 0 Å². The van der Waals surface area contributed by atoms with Crippen molar-refractivity contribution in [3.63, 3.8) is 0 Å². The summed E-state index contributed by atoms with van der Waals surface area (Å²) in [6.07, 6.45) is 0.968. The van der Waals surface area contributed by atoms with Gasteiger partial charge in [0, 0.05) is 0 Å². The van der Waals surface area contributed by atoms with Gasteiger partial charge in [0.15, 0.2) is 0 Å². The highest BCUT2D eigenvalue weighted by Gasteiger charge is 2.38. The molecule has 0 unspecified atom stereocenters. The van der Waals surface area contributed by atoms with Crippen LogP contribution in [0.2, 0.25) is 0 Å². The van der Waals surface area contributed by atoms with E-state index in [2.05, 4.69) is 5.32 Å². The maximum absolute atomic E-state index is 13.6. The second-order valence-corrected chi connectivity index (χ2v) is 5.03. The zero-order chi connectivity index (χ0) is 14.6. The molecule has 0 spiro atoms. The maximum atomic E-state index is 13.6. The van der Waals surface area contributed by atoms with Crippen molar-refractivity contribution >= 4 is 28.8 Å². The van der Waals surface area contributed by atoms with E-state index in [1.54, 1.807) is 12.1 Å². The lowest BCUT2D eigenvalue weighted by molar-refractivity contribution is -0.122. The Labute approximate surface area is 118 Å². The number of halogens is 1. The van der Waals surface area contributed by atoms with E-state index in [-0.39, 0.29) is 16.6 Å². The Balaban J connectivity index is 3.07. The first-order valence-electron chi connectivity index (χ1n) is 6.25. The Kier molecular flexibility index (Phi) is 5.00. The Hall–Kier alpha value is -1.49. The zero-order valence-electron chi connectivity index (χ0n) is 11.4. The summed E-state index contributed by atoms with van der Waals surface area (Å²) in [7, 11) is 0. The molecule has 0 aromatic heterocycles. The number of hydrogen-bond donors (Lipinski definition) is 2. The van der Waals surface area contributed by atoms with Crippen molar-refractivity contribution in [2.75, 3.05) is 5.32 Å². The second kappa shape index (κ2) is 6.10. The molecule has 0 aliphatic carbocycles. The number of thiocarbonyl (C=S) groups is 1. The quantitative estimate of drug-likeness (QED) is 0.816. The minimum absolute atomic E-state index is 0.142. The van der Waals surface area contributed by atoms with Crippen LogP contribution in [0.15, 0.2) is 18.2 Å². The molecule has 0 fully saturated rings.